The van der Waals surface area contributed by atoms with Gasteiger partial charge in [0.05, 0.1) is 21.2 Å². The lowest BCUT2D eigenvalue weighted by Gasteiger charge is -2.10. The summed E-state index contributed by atoms with van der Waals surface area (Å²) in [5, 5.41) is 0.560. The molecule has 3 aromatic rings. The van der Waals surface area contributed by atoms with Gasteiger partial charge in [0, 0.05) is 5.69 Å². The number of aromatic nitrogens is 2. The minimum atomic E-state index is -4.49. The zero-order valence-electron chi connectivity index (χ0n) is 14.8. The van der Waals surface area contributed by atoms with Crippen LogP contribution in [0.4, 0.5) is 13.2 Å². The fourth-order valence-electron chi connectivity index (χ4n) is 2.26. The Balaban J connectivity index is 0.000000313. The summed E-state index contributed by atoms with van der Waals surface area (Å²) in [5.74, 6) is 0.357. The molecule has 1 aromatic heterocycles. The molecule has 8 heteroatoms. The maximum Gasteiger partial charge on any atom is 0.416 e. The fourth-order valence-corrected chi connectivity index (χ4v) is 3.46. The molecule has 0 unspecified atom stereocenters. The number of benzene rings is 2. The van der Waals surface area contributed by atoms with Crippen LogP contribution in [0.5, 0.6) is 0 Å². The molecular formula is C19H17Cl2F3N2S. The van der Waals surface area contributed by atoms with Gasteiger partial charge in [-0.2, -0.15) is 13.2 Å². The maximum atomic E-state index is 12.7. The predicted octanol–water partition coefficient (Wildman–Crippen LogP) is 7.43. The van der Waals surface area contributed by atoms with Crippen LogP contribution in [-0.2, 0) is 6.18 Å². The molecule has 0 spiro atoms. The summed E-state index contributed by atoms with van der Waals surface area (Å²) in [6.45, 7) is 3.90. The van der Waals surface area contributed by atoms with Gasteiger partial charge in [-0.05, 0) is 32.2 Å². The molecule has 1 N–H and O–H groups in total. The maximum absolute atomic E-state index is 12.7. The first-order valence-electron chi connectivity index (χ1n) is 7.82. The van der Waals surface area contributed by atoms with Gasteiger partial charge < -0.3 is 4.98 Å². The Kier molecular flexibility index (Phi) is 7.25. The van der Waals surface area contributed by atoms with Crippen LogP contribution in [0.25, 0.3) is 11.4 Å². The van der Waals surface area contributed by atoms with E-state index < -0.39 is 11.7 Å². The summed E-state index contributed by atoms with van der Waals surface area (Å²) in [6.07, 6.45) is -2.64. The van der Waals surface area contributed by atoms with Gasteiger partial charge in [0.1, 0.15) is 10.9 Å². The van der Waals surface area contributed by atoms with E-state index in [2.05, 4.69) is 29.0 Å². The first kappa shape index (κ1) is 21.7. The number of alkyl halides is 3. The molecule has 0 amide bonds. The van der Waals surface area contributed by atoms with E-state index in [9.17, 15) is 13.2 Å². The number of nitrogens with one attached hydrogen (secondary N) is 1. The van der Waals surface area contributed by atoms with Crippen LogP contribution < -0.4 is 0 Å². The van der Waals surface area contributed by atoms with Crippen LogP contribution >= 0.6 is 35.0 Å². The molecule has 0 atom stereocenters. The van der Waals surface area contributed by atoms with Crippen molar-refractivity contribution >= 4 is 35.0 Å². The zero-order valence-corrected chi connectivity index (χ0v) is 17.1. The lowest BCUT2D eigenvalue weighted by molar-refractivity contribution is -0.137. The van der Waals surface area contributed by atoms with Crippen LogP contribution in [0.2, 0.25) is 10.0 Å². The highest BCUT2D eigenvalue weighted by Crippen LogP contribution is 2.40. The van der Waals surface area contributed by atoms with Gasteiger partial charge in [-0.15, -0.1) is 11.8 Å². The van der Waals surface area contributed by atoms with E-state index >= 15 is 0 Å². The topological polar surface area (TPSA) is 28.7 Å². The number of rotatable bonds is 2. The SMILES string of the molecule is CSc1nc(-c2c(Cl)cc(C(F)(F)F)cc2Cl)[nH]c1C.Cc1ccccc1. The smallest absolute Gasteiger partial charge is 0.341 e. The van der Waals surface area contributed by atoms with Gasteiger partial charge in [0.15, 0.2) is 0 Å². The molecule has 144 valence electrons. The van der Waals surface area contributed by atoms with Crippen LogP contribution in [0, 0.1) is 13.8 Å². The van der Waals surface area contributed by atoms with Crippen molar-refractivity contribution < 1.29 is 13.2 Å². The molecule has 2 nitrogen and oxygen atoms in total. The van der Waals surface area contributed by atoms with Gasteiger partial charge in [-0.1, -0.05) is 59.1 Å². The molecular weight excluding hydrogens is 416 g/mol. The summed E-state index contributed by atoms with van der Waals surface area (Å²) < 4.78 is 38.0. The summed E-state index contributed by atoms with van der Waals surface area (Å²) in [7, 11) is 0. The highest BCUT2D eigenvalue weighted by Gasteiger charge is 2.32. The van der Waals surface area contributed by atoms with E-state index in [1.807, 2.05) is 31.4 Å². The van der Waals surface area contributed by atoms with Crippen LogP contribution in [-0.4, -0.2) is 16.2 Å². The highest BCUT2D eigenvalue weighted by atomic mass is 35.5. The summed E-state index contributed by atoms with van der Waals surface area (Å²) in [6, 6.07) is 12.0. The largest absolute Gasteiger partial charge is 0.416 e. The van der Waals surface area contributed by atoms with Crippen molar-refractivity contribution in [3.8, 4) is 11.4 Å². The third kappa shape index (κ3) is 5.67. The van der Waals surface area contributed by atoms with Crippen LogP contribution in [0.3, 0.4) is 0 Å². The number of halogens is 5. The van der Waals surface area contributed by atoms with Crippen molar-refractivity contribution in [1.82, 2.24) is 9.97 Å². The number of hydrogen-bond acceptors (Lipinski definition) is 2. The molecule has 27 heavy (non-hydrogen) atoms. The predicted molar refractivity (Wildman–Crippen MR) is 107 cm³/mol. The first-order valence-corrected chi connectivity index (χ1v) is 9.80. The van der Waals surface area contributed by atoms with Crippen molar-refractivity contribution in [3.05, 3.63) is 69.3 Å². The molecule has 0 saturated heterocycles. The third-order valence-electron chi connectivity index (χ3n) is 3.58. The number of thioether (sulfide) groups is 1. The zero-order chi connectivity index (χ0) is 20.2. The van der Waals surface area contributed by atoms with Gasteiger partial charge in [0.2, 0.25) is 0 Å². The lowest BCUT2D eigenvalue weighted by Crippen LogP contribution is -2.05. The molecule has 0 radical (unpaired) electrons. The average molecular weight is 433 g/mol. The van der Waals surface area contributed by atoms with E-state index in [0.29, 0.717) is 5.82 Å². The number of H-pyrrole nitrogens is 1. The third-order valence-corrected chi connectivity index (χ3v) is 4.96. The average Bonchev–Trinajstić information content (AvgIpc) is 2.95. The summed E-state index contributed by atoms with van der Waals surface area (Å²) in [4.78, 5) is 7.24. The highest BCUT2D eigenvalue weighted by molar-refractivity contribution is 7.98. The van der Waals surface area contributed by atoms with E-state index in [4.69, 9.17) is 23.2 Å². The Morgan fingerprint density at radius 1 is 1.00 bits per heavy atom. The second-order valence-electron chi connectivity index (χ2n) is 5.69. The van der Waals surface area contributed by atoms with Crippen molar-refractivity contribution in [1.29, 1.82) is 0 Å². The molecule has 3 rings (SSSR count). The minimum Gasteiger partial charge on any atom is -0.341 e. The molecule has 2 aromatic carbocycles. The number of nitrogens with zero attached hydrogens (tertiary/aromatic N) is 1. The fraction of sp³-hybridized carbons (Fsp3) is 0.211. The Morgan fingerprint density at radius 2 is 1.56 bits per heavy atom. The van der Waals surface area contributed by atoms with E-state index in [1.54, 1.807) is 0 Å². The van der Waals surface area contributed by atoms with E-state index in [0.717, 1.165) is 22.9 Å². The molecule has 0 aliphatic carbocycles. The standard InChI is InChI=1S/C12H9Cl2F3N2S.C7H8/c1-5-11(20-2)19-10(18-5)9-7(13)3-6(4-8(9)14)12(15,16)17;1-7-5-3-2-4-6-7/h3-4H,1-2H3,(H,18,19);2-6H,1H3. The first-order chi connectivity index (χ1) is 12.6. The van der Waals surface area contributed by atoms with Gasteiger partial charge in [-0.3, -0.25) is 0 Å². The molecule has 1 heterocycles. The number of aryl methyl sites for hydroxylation is 2. The Hall–Kier alpha value is -1.63. The van der Waals surface area contributed by atoms with Crippen molar-refractivity contribution in [3.63, 3.8) is 0 Å². The molecule has 0 aliphatic rings. The van der Waals surface area contributed by atoms with Crippen molar-refractivity contribution in [2.45, 2.75) is 25.0 Å². The van der Waals surface area contributed by atoms with E-state index in [-0.39, 0.29) is 15.6 Å². The second kappa shape index (κ2) is 9.04. The van der Waals surface area contributed by atoms with Crippen LogP contribution in [0.15, 0.2) is 47.5 Å². The van der Waals surface area contributed by atoms with Crippen LogP contribution in [0.1, 0.15) is 16.8 Å². The molecule has 0 bridgehead atoms. The van der Waals surface area contributed by atoms with E-state index in [1.165, 1.54) is 17.3 Å². The molecule has 0 fully saturated rings. The minimum absolute atomic E-state index is 0.0915. The molecule has 0 aliphatic heterocycles. The quantitative estimate of drug-likeness (QED) is 0.426. The normalized spacial score (nSPS) is 11.1. The number of imidazole rings is 1. The summed E-state index contributed by atoms with van der Waals surface area (Å²) >= 11 is 13.3. The van der Waals surface area contributed by atoms with Gasteiger partial charge in [0.25, 0.3) is 0 Å². The Labute approximate surface area is 170 Å². The van der Waals surface area contributed by atoms with Gasteiger partial charge in [-0.25, -0.2) is 4.98 Å². The Bertz CT molecular complexity index is 886. The lowest BCUT2D eigenvalue weighted by atomic mass is 10.1. The molecule has 0 saturated carbocycles. The number of hydrogen-bond donors (Lipinski definition) is 1. The second-order valence-corrected chi connectivity index (χ2v) is 7.30. The monoisotopic (exact) mass is 432 g/mol. The van der Waals surface area contributed by atoms with Gasteiger partial charge >= 0.3 is 6.18 Å². The summed E-state index contributed by atoms with van der Waals surface area (Å²) in [5.41, 5.74) is 1.51. The Morgan fingerprint density at radius 3 is 1.93 bits per heavy atom. The van der Waals surface area contributed by atoms with Crippen molar-refractivity contribution in [2.75, 3.05) is 6.26 Å². The van der Waals surface area contributed by atoms with Crippen molar-refractivity contribution in [2.24, 2.45) is 0 Å². The number of aromatic amines is 1.